The van der Waals surface area contributed by atoms with Crippen LogP contribution in [0.5, 0.6) is 0 Å². The van der Waals surface area contributed by atoms with Gasteiger partial charge in [0.2, 0.25) is 0 Å². The monoisotopic (exact) mass is 272 g/mol. The maximum Gasteiger partial charge on any atom is 0.326 e. The number of aliphatic carboxylic acids is 1. The van der Waals surface area contributed by atoms with Gasteiger partial charge in [0.25, 0.3) is 0 Å². The minimum Gasteiger partial charge on any atom is -0.480 e. The zero-order chi connectivity index (χ0) is 14.5. The van der Waals surface area contributed by atoms with Gasteiger partial charge in [0.15, 0.2) is 0 Å². The van der Waals surface area contributed by atoms with Crippen LogP contribution < -0.4 is 10.6 Å². The predicted octanol–water partition coefficient (Wildman–Crippen LogP) is 1.35. The number of carboxylic acids is 1. The molecule has 0 aliphatic heterocycles. The average molecular weight is 272 g/mol. The van der Waals surface area contributed by atoms with Crippen LogP contribution in [0.3, 0.4) is 0 Å². The third-order valence-corrected chi connectivity index (χ3v) is 3.78. The summed E-state index contributed by atoms with van der Waals surface area (Å²) in [6.45, 7) is 4.53. The van der Waals surface area contributed by atoms with Crippen molar-refractivity contribution in [1.29, 1.82) is 0 Å². The molecule has 1 fully saturated rings. The molecular weight excluding hydrogens is 248 g/mol. The fraction of sp³-hybridized carbons (Fsp3) is 0.846. The van der Waals surface area contributed by atoms with Crippen LogP contribution >= 0.6 is 0 Å². The topological polar surface area (TPSA) is 87.7 Å². The summed E-state index contributed by atoms with van der Waals surface area (Å²) >= 11 is 0. The van der Waals surface area contributed by atoms with Crippen LogP contribution in [0.15, 0.2) is 0 Å². The lowest BCUT2D eigenvalue weighted by Gasteiger charge is -2.28. The Balaban J connectivity index is 2.46. The Bertz CT molecular complexity index is 331. The standard InChI is InChI=1S/C13H24N2O4/c1-13(2)7-4-5-10(13)15-12(18)14-9(11(16)17)6-8-19-3/h9-10H,4-8H2,1-3H3,(H,16,17)(H2,14,15,18). The summed E-state index contributed by atoms with van der Waals surface area (Å²) in [5.41, 5.74) is 0.0720. The number of rotatable bonds is 6. The number of hydrogen-bond donors (Lipinski definition) is 3. The Morgan fingerprint density at radius 1 is 1.47 bits per heavy atom. The third kappa shape index (κ3) is 4.70. The molecule has 6 heteroatoms. The van der Waals surface area contributed by atoms with E-state index >= 15 is 0 Å². The number of amides is 2. The van der Waals surface area contributed by atoms with Crippen LogP contribution in [0.2, 0.25) is 0 Å². The summed E-state index contributed by atoms with van der Waals surface area (Å²) in [6, 6.07) is -1.22. The number of carboxylic acid groups (broad SMARTS) is 1. The summed E-state index contributed by atoms with van der Waals surface area (Å²) < 4.78 is 4.84. The molecule has 0 spiro atoms. The Morgan fingerprint density at radius 3 is 2.63 bits per heavy atom. The number of carbonyl (C=O) groups excluding carboxylic acids is 1. The highest BCUT2D eigenvalue weighted by molar-refractivity contribution is 5.82. The minimum atomic E-state index is -1.04. The first kappa shape index (κ1) is 15.8. The summed E-state index contributed by atoms with van der Waals surface area (Å²) in [6.07, 6.45) is 3.36. The van der Waals surface area contributed by atoms with Gasteiger partial charge in [-0.3, -0.25) is 0 Å². The quantitative estimate of drug-likeness (QED) is 0.681. The predicted molar refractivity (Wildman–Crippen MR) is 71.0 cm³/mol. The smallest absolute Gasteiger partial charge is 0.326 e. The average Bonchev–Trinajstić information content (AvgIpc) is 2.63. The van der Waals surface area contributed by atoms with Gasteiger partial charge in [-0.2, -0.15) is 0 Å². The molecule has 0 aromatic heterocycles. The Labute approximate surface area is 113 Å². The largest absolute Gasteiger partial charge is 0.480 e. The van der Waals surface area contributed by atoms with Crippen LogP contribution in [-0.2, 0) is 9.53 Å². The van der Waals surface area contributed by atoms with Crippen LogP contribution in [0.25, 0.3) is 0 Å². The molecule has 0 aromatic rings. The van der Waals surface area contributed by atoms with E-state index in [9.17, 15) is 9.59 Å². The molecule has 2 atom stereocenters. The lowest BCUT2D eigenvalue weighted by molar-refractivity contribution is -0.139. The van der Waals surface area contributed by atoms with E-state index in [1.807, 2.05) is 0 Å². The highest BCUT2D eigenvalue weighted by atomic mass is 16.5. The summed E-state index contributed by atoms with van der Waals surface area (Å²) in [5.74, 6) is -1.04. The molecule has 19 heavy (non-hydrogen) atoms. The molecule has 0 bridgehead atoms. The second kappa shape index (κ2) is 6.75. The van der Waals surface area contributed by atoms with Crippen molar-refractivity contribution in [2.24, 2.45) is 5.41 Å². The summed E-state index contributed by atoms with van der Waals surface area (Å²) in [5, 5.41) is 14.4. The van der Waals surface area contributed by atoms with Gasteiger partial charge in [0, 0.05) is 26.2 Å². The molecule has 0 radical (unpaired) electrons. The van der Waals surface area contributed by atoms with Crippen LogP contribution in [-0.4, -0.2) is 42.9 Å². The van der Waals surface area contributed by atoms with E-state index in [-0.39, 0.29) is 17.9 Å². The molecule has 2 amide bonds. The molecule has 6 nitrogen and oxygen atoms in total. The fourth-order valence-electron chi connectivity index (χ4n) is 2.45. The van der Waals surface area contributed by atoms with Crippen molar-refractivity contribution in [1.82, 2.24) is 10.6 Å². The second-order valence-electron chi connectivity index (χ2n) is 5.72. The number of carbonyl (C=O) groups is 2. The molecule has 0 heterocycles. The van der Waals surface area contributed by atoms with E-state index in [1.165, 1.54) is 7.11 Å². The van der Waals surface area contributed by atoms with Crippen molar-refractivity contribution in [2.45, 2.75) is 51.6 Å². The van der Waals surface area contributed by atoms with Crippen molar-refractivity contribution in [3.05, 3.63) is 0 Å². The maximum absolute atomic E-state index is 11.8. The normalized spacial score (nSPS) is 22.8. The molecule has 3 N–H and O–H groups in total. The van der Waals surface area contributed by atoms with Crippen molar-refractivity contribution < 1.29 is 19.4 Å². The molecule has 1 rings (SSSR count). The van der Waals surface area contributed by atoms with Gasteiger partial charge in [0.05, 0.1) is 0 Å². The van der Waals surface area contributed by atoms with E-state index in [2.05, 4.69) is 24.5 Å². The zero-order valence-corrected chi connectivity index (χ0v) is 11.9. The third-order valence-electron chi connectivity index (χ3n) is 3.78. The first-order chi connectivity index (χ1) is 8.86. The van der Waals surface area contributed by atoms with Crippen LogP contribution in [0.4, 0.5) is 4.79 Å². The van der Waals surface area contributed by atoms with E-state index in [4.69, 9.17) is 9.84 Å². The lowest BCUT2D eigenvalue weighted by atomic mass is 9.87. The van der Waals surface area contributed by atoms with E-state index in [0.29, 0.717) is 6.61 Å². The Kier molecular flexibility index (Phi) is 5.60. The molecule has 1 aliphatic rings. The first-order valence-corrected chi connectivity index (χ1v) is 6.65. The lowest BCUT2D eigenvalue weighted by Crippen LogP contribution is -2.51. The molecule has 1 aliphatic carbocycles. The molecule has 110 valence electrons. The zero-order valence-electron chi connectivity index (χ0n) is 11.9. The fourth-order valence-corrected chi connectivity index (χ4v) is 2.45. The van der Waals surface area contributed by atoms with Gasteiger partial charge < -0.3 is 20.5 Å². The van der Waals surface area contributed by atoms with Crippen molar-refractivity contribution in [3.8, 4) is 0 Å². The van der Waals surface area contributed by atoms with Gasteiger partial charge in [0.1, 0.15) is 6.04 Å². The number of ether oxygens (including phenoxy) is 1. The van der Waals surface area contributed by atoms with Gasteiger partial charge in [-0.25, -0.2) is 9.59 Å². The molecule has 2 unspecified atom stereocenters. The maximum atomic E-state index is 11.8. The Hall–Kier alpha value is -1.30. The Morgan fingerprint density at radius 2 is 2.16 bits per heavy atom. The van der Waals surface area contributed by atoms with Gasteiger partial charge >= 0.3 is 12.0 Å². The minimum absolute atomic E-state index is 0.0720. The number of methoxy groups -OCH3 is 1. The highest BCUT2D eigenvalue weighted by Crippen LogP contribution is 2.37. The van der Waals surface area contributed by atoms with E-state index in [1.54, 1.807) is 0 Å². The van der Waals surface area contributed by atoms with Crippen molar-refractivity contribution in [3.63, 3.8) is 0 Å². The van der Waals surface area contributed by atoms with E-state index < -0.39 is 18.0 Å². The number of hydrogen-bond acceptors (Lipinski definition) is 3. The van der Waals surface area contributed by atoms with Crippen LogP contribution in [0, 0.1) is 5.41 Å². The molecular formula is C13H24N2O4. The summed E-state index contributed by atoms with van der Waals surface area (Å²) in [7, 11) is 1.50. The first-order valence-electron chi connectivity index (χ1n) is 6.65. The number of urea groups is 1. The number of nitrogens with one attached hydrogen (secondary N) is 2. The van der Waals surface area contributed by atoms with Gasteiger partial charge in [-0.05, 0) is 18.3 Å². The van der Waals surface area contributed by atoms with Crippen molar-refractivity contribution >= 4 is 12.0 Å². The second-order valence-corrected chi connectivity index (χ2v) is 5.72. The SMILES string of the molecule is COCCC(NC(=O)NC1CCCC1(C)C)C(=O)O. The highest BCUT2D eigenvalue weighted by Gasteiger charge is 2.35. The van der Waals surface area contributed by atoms with Crippen LogP contribution in [0.1, 0.15) is 39.5 Å². The van der Waals surface area contributed by atoms with E-state index in [0.717, 1.165) is 19.3 Å². The van der Waals surface area contributed by atoms with Crippen molar-refractivity contribution in [2.75, 3.05) is 13.7 Å². The molecule has 0 saturated heterocycles. The summed E-state index contributed by atoms with van der Waals surface area (Å²) in [4.78, 5) is 22.8. The van der Waals surface area contributed by atoms with Gasteiger partial charge in [-0.15, -0.1) is 0 Å². The molecule has 1 saturated carbocycles. The molecule has 0 aromatic carbocycles. The van der Waals surface area contributed by atoms with Gasteiger partial charge in [-0.1, -0.05) is 20.3 Å².